The first kappa shape index (κ1) is 16.7. The van der Waals surface area contributed by atoms with Crippen LogP contribution in [0, 0.1) is 0 Å². The van der Waals surface area contributed by atoms with Gasteiger partial charge >= 0.3 is 0 Å². The van der Waals surface area contributed by atoms with Gasteiger partial charge in [0.1, 0.15) is 6.04 Å². The van der Waals surface area contributed by atoms with Crippen LogP contribution >= 0.6 is 0 Å². The number of carbonyl (C=O) groups is 1. The van der Waals surface area contributed by atoms with Gasteiger partial charge in [-0.3, -0.25) is 4.79 Å². The minimum absolute atomic E-state index is 0.0122. The first-order chi connectivity index (χ1) is 11.6. The molecule has 4 nitrogen and oxygen atoms in total. The summed E-state index contributed by atoms with van der Waals surface area (Å²) in [5.41, 5.74) is 3.46. The van der Waals surface area contributed by atoms with Crippen molar-refractivity contribution in [2.45, 2.75) is 32.0 Å². The second-order valence-electron chi connectivity index (χ2n) is 6.23. The molecule has 1 aliphatic rings. The molecule has 1 amide bonds. The molecule has 0 spiro atoms. The van der Waals surface area contributed by atoms with Gasteiger partial charge in [0.2, 0.25) is 5.91 Å². The fourth-order valence-electron chi connectivity index (χ4n) is 3.01. The van der Waals surface area contributed by atoms with Crippen molar-refractivity contribution in [3.63, 3.8) is 0 Å². The largest absolute Gasteiger partial charge is 0.375 e. The molecule has 0 saturated carbocycles. The van der Waals surface area contributed by atoms with Crippen LogP contribution < -0.4 is 10.6 Å². The highest BCUT2D eigenvalue weighted by molar-refractivity contribution is 5.83. The second-order valence-corrected chi connectivity index (χ2v) is 6.23. The molecule has 2 N–H and O–H groups in total. The standard InChI is InChI=1S/C20H24N2O2/c1-14(22-20(23)19-15(2)24-13-12-21-19)16-8-10-18(11-9-16)17-6-4-3-5-7-17/h3-11,14-15,19,21H,12-13H2,1-2H3,(H,22,23)/t14?,15-,19+/m1/s1. The molecule has 1 heterocycles. The van der Waals surface area contributed by atoms with Gasteiger partial charge in [-0.15, -0.1) is 0 Å². The van der Waals surface area contributed by atoms with E-state index in [4.69, 9.17) is 4.74 Å². The van der Waals surface area contributed by atoms with Gasteiger partial charge in [-0.2, -0.15) is 0 Å². The molecule has 126 valence electrons. The molecule has 1 saturated heterocycles. The van der Waals surface area contributed by atoms with Gasteiger partial charge in [0.15, 0.2) is 0 Å². The van der Waals surface area contributed by atoms with E-state index in [-0.39, 0.29) is 24.1 Å². The molecule has 1 fully saturated rings. The fourth-order valence-corrected chi connectivity index (χ4v) is 3.01. The van der Waals surface area contributed by atoms with Crippen molar-refractivity contribution in [3.8, 4) is 11.1 Å². The van der Waals surface area contributed by atoms with Gasteiger partial charge < -0.3 is 15.4 Å². The Morgan fingerprint density at radius 1 is 1.12 bits per heavy atom. The average molecular weight is 324 g/mol. The lowest BCUT2D eigenvalue weighted by atomic mass is 10.0. The summed E-state index contributed by atoms with van der Waals surface area (Å²) >= 11 is 0. The van der Waals surface area contributed by atoms with Crippen LogP contribution in [0.2, 0.25) is 0 Å². The lowest BCUT2D eigenvalue weighted by Crippen LogP contribution is -2.55. The van der Waals surface area contributed by atoms with Crippen LogP contribution in [0.5, 0.6) is 0 Å². The number of ether oxygens (including phenoxy) is 1. The van der Waals surface area contributed by atoms with Crippen LogP contribution in [-0.4, -0.2) is 31.2 Å². The molecule has 2 aromatic carbocycles. The number of carbonyl (C=O) groups excluding carboxylic acids is 1. The Balaban J connectivity index is 1.64. The number of rotatable bonds is 4. The molecule has 0 bridgehead atoms. The summed E-state index contributed by atoms with van der Waals surface area (Å²) in [6, 6.07) is 18.3. The van der Waals surface area contributed by atoms with Crippen molar-refractivity contribution >= 4 is 5.91 Å². The Kier molecular flexibility index (Phi) is 5.28. The van der Waals surface area contributed by atoms with E-state index in [1.165, 1.54) is 11.1 Å². The number of benzene rings is 2. The lowest BCUT2D eigenvalue weighted by molar-refractivity contribution is -0.129. The number of hydrogen-bond acceptors (Lipinski definition) is 3. The number of hydrogen-bond donors (Lipinski definition) is 2. The molecular weight excluding hydrogens is 300 g/mol. The van der Waals surface area contributed by atoms with Gasteiger partial charge in [0.05, 0.1) is 18.8 Å². The summed E-state index contributed by atoms with van der Waals surface area (Å²) in [5, 5.41) is 6.29. The predicted octanol–water partition coefficient (Wildman–Crippen LogP) is 2.91. The van der Waals surface area contributed by atoms with Crippen molar-refractivity contribution in [3.05, 3.63) is 60.2 Å². The van der Waals surface area contributed by atoms with Crippen molar-refractivity contribution in [1.82, 2.24) is 10.6 Å². The Bertz CT molecular complexity index is 670. The molecule has 1 unspecified atom stereocenters. The van der Waals surface area contributed by atoms with E-state index in [9.17, 15) is 4.79 Å². The Morgan fingerprint density at radius 3 is 2.46 bits per heavy atom. The van der Waals surface area contributed by atoms with Crippen molar-refractivity contribution in [2.24, 2.45) is 0 Å². The molecule has 1 aliphatic heterocycles. The predicted molar refractivity (Wildman–Crippen MR) is 95.6 cm³/mol. The van der Waals surface area contributed by atoms with Crippen LogP contribution in [0.4, 0.5) is 0 Å². The maximum absolute atomic E-state index is 12.4. The molecule has 4 heteroatoms. The molecule has 2 aromatic rings. The molecule has 0 aromatic heterocycles. The van der Waals surface area contributed by atoms with Crippen LogP contribution in [0.3, 0.4) is 0 Å². The Hall–Kier alpha value is -2.17. The monoisotopic (exact) mass is 324 g/mol. The maximum Gasteiger partial charge on any atom is 0.240 e. The molecule has 3 atom stereocenters. The minimum atomic E-state index is -0.287. The number of morpholine rings is 1. The minimum Gasteiger partial charge on any atom is -0.375 e. The molecule has 3 rings (SSSR count). The highest BCUT2D eigenvalue weighted by Crippen LogP contribution is 2.22. The fraction of sp³-hybridized carbons (Fsp3) is 0.350. The zero-order chi connectivity index (χ0) is 16.9. The summed E-state index contributed by atoms with van der Waals surface area (Å²) in [4.78, 5) is 12.4. The van der Waals surface area contributed by atoms with E-state index in [1.54, 1.807) is 0 Å². The second kappa shape index (κ2) is 7.60. The highest BCUT2D eigenvalue weighted by Gasteiger charge is 2.29. The van der Waals surface area contributed by atoms with Gasteiger partial charge in [0, 0.05) is 6.54 Å². The molecular formula is C20H24N2O2. The van der Waals surface area contributed by atoms with Crippen LogP contribution in [0.25, 0.3) is 11.1 Å². The summed E-state index contributed by atoms with van der Waals surface area (Å²) in [7, 11) is 0. The van der Waals surface area contributed by atoms with E-state index in [2.05, 4.69) is 47.0 Å². The smallest absolute Gasteiger partial charge is 0.240 e. The third-order valence-corrected chi connectivity index (χ3v) is 4.48. The SMILES string of the molecule is CC(NC(=O)[C@H]1NCCO[C@@H]1C)c1ccc(-c2ccccc2)cc1. The van der Waals surface area contributed by atoms with E-state index in [0.717, 1.165) is 5.56 Å². The average Bonchev–Trinajstić information content (AvgIpc) is 2.63. The van der Waals surface area contributed by atoms with E-state index in [1.807, 2.05) is 32.0 Å². The normalized spacial score (nSPS) is 21.9. The van der Waals surface area contributed by atoms with Crippen molar-refractivity contribution in [1.29, 1.82) is 0 Å². The van der Waals surface area contributed by atoms with Crippen molar-refractivity contribution in [2.75, 3.05) is 13.2 Å². The third-order valence-electron chi connectivity index (χ3n) is 4.48. The van der Waals surface area contributed by atoms with Gasteiger partial charge in [0.25, 0.3) is 0 Å². The third kappa shape index (κ3) is 3.83. The van der Waals surface area contributed by atoms with Gasteiger partial charge in [-0.1, -0.05) is 54.6 Å². The number of nitrogens with one attached hydrogen (secondary N) is 2. The number of amides is 1. The van der Waals surface area contributed by atoms with Crippen molar-refractivity contribution < 1.29 is 9.53 Å². The van der Waals surface area contributed by atoms with Gasteiger partial charge in [-0.25, -0.2) is 0 Å². The van der Waals surface area contributed by atoms with Crippen LogP contribution in [-0.2, 0) is 9.53 Å². The summed E-state index contributed by atoms with van der Waals surface area (Å²) < 4.78 is 5.54. The summed E-state index contributed by atoms with van der Waals surface area (Å²) in [5.74, 6) is -0.0122. The Labute approximate surface area is 143 Å². The van der Waals surface area contributed by atoms with Crippen LogP contribution in [0.1, 0.15) is 25.5 Å². The molecule has 24 heavy (non-hydrogen) atoms. The van der Waals surface area contributed by atoms with Gasteiger partial charge in [-0.05, 0) is 30.5 Å². The quantitative estimate of drug-likeness (QED) is 0.909. The molecule has 0 radical (unpaired) electrons. The summed E-state index contributed by atoms with van der Waals surface area (Å²) in [6.07, 6.45) is -0.105. The first-order valence-corrected chi connectivity index (χ1v) is 8.46. The molecule has 0 aliphatic carbocycles. The zero-order valence-corrected chi connectivity index (χ0v) is 14.2. The van der Waals surface area contributed by atoms with E-state index < -0.39 is 0 Å². The highest BCUT2D eigenvalue weighted by atomic mass is 16.5. The van der Waals surface area contributed by atoms with E-state index >= 15 is 0 Å². The van der Waals surface area contributed by atoms with Crippen LogP contribution in [0.15, 0.2) is 54.6 Å². The lowest BCUT2D eigenvalue weighted by Gasteiger charge is -2.30. The zero-order valence-electron chi connectivity index (χ0n) is 14.2. The summed E-state index contributed by atoms with van der Waals surface area (Å²) in [6.45, 7) is 5.30. The Morgan fingerprint density at radius 2 is 1.79 bits per heavy atom. The topological polar surface area (TPSA) is 50.4 Å². The maximum atomic E-state index is 12.4. The van der Waals surface area contributed by atoms with E-state index in [0.29, 0.717) is 13.2 Å². The first-order valence-electron chi connectivity index (χ1n) is 8.46.